The van der Waals surface area contributed by atoms with E-state index in [0.29, 0.717) is 25.3 Å². The molecule has 0 aliphatic carbocycles. The molecule has 1 aliphatic rings. The van der Waals surface area contributed by atoms with E-state index in [2.05, 4.69) is 5.32 Å². The first-order valence-corrected chi connectivity index (χ1v) is 8.13. The van der Waals surface area contributed by atoms with Crippen molar-refractivity contribution >= 4 is 11.6 Å². The minimum Gasteiger partial charge on any atom is -0.494 e. The molecular formula is C19H22N2O3. The average Bonchev–Trinajstić information content (AvgIpc) is 2.61. The SMILES string of the molecule is CCOc1cccc(C2Nc3ccccc3C(=O)N2CCOC)c1. The number of fused-ring (bicyclic) bond motifs is 1. The summed E-state index contributed by atoms with van der Waals surface area (Å²) < 4.78 is 10.8. The van der Waals surface area contributed by atoms with E-state index in [-0.39, 0.29) is 12.1 Å². The number of nitrogens with zero attached hydrogens (tertiary/aromatic N) is 1. The van der Waals surface area contributed by atoms with Gasteiger partial charge in [-0.1, -0.05) is 24.3 Å². The average molecular weight is 326 g/mol. The first-order valence-electron chi connectivity index (χ1n) is 8.13. The summed E-state index contributed by atoms with van der Waals surface area (Å²) in [7, 11) is 1.64. The van der Waals surface area contributed by atoms with Crippen LogP contribution in [0.3, 0.4) is 0 Å². The van der Waals surface area contributed by atoms with Gasteiger partial charge in [0.2, 0.25) is 0 Å². The van der Waals surface area contributed by atoms with Gasteiger partial charge in [-0.05, 0) is 36.8 Å². The lowest BCUT2D eigenvalue weighted by Gasteiger charge is -2.38. The van der Waals surface area contributed by atoms with Crippen molar-refractivity contribution in [1.82, 2.24) is 4.90 Å². The van der Waals surface area contributed by atoms with E-state index in [1.165, 1.54) is 0 Å². The Morgan fingerprint density at radius 1 is 1.17 bits per heavy atom. The van der Waals surface area contributed by atoms with Crippen LogP contribution in [-0.2, 0) is 4.74 Å². The monoisotopic (exact) mass is 326 g/mol. The minimum absolute atomic E-state index is 0.00760. The zero-order valence-electron chi connectivity index (χ0n) is 14.0. The number of benzene rings is 2. The van der Waals surface area contributed by atoms with Crippen LogP contribution in [0.2, 0.25) is 0 Å². The molecule has 126 valence electrons. The van der Waals surface area contributed by atoms with Crippen LogP contribution in [0, 0.1) is 0 Å². The Morgan fingerprint density at radius 3 is 2.79 bits per heavy atom. The third kappa shape index (κ3) is 3.21. The zero-order valence-corrected chi connectivity index (χ0v) is 14.0. The molecule has 0 saturated carbocycles. The summed E-state index contributed by atoms with van der Waals surface area (Å²) in [6, 6.07) is 15.4. The van der Waals surface area contributed by atoms with Gasteiger partial charge >= 0.3 is 0 Å². The van der Waals surface area contributed by atoms with Gasteiger partial charge in [-0.15, -0.1) is 0 Å². The highest BCUT2D eigenvalue weighted by Gasteiger charge is 2.32. The number of hydrogen-bond acceptors (Lipinski definition) is 4. The van der Waals surface area contributed by atoms with Crippen molar-refractivity contribution in [2.75, 3.05) is 32.2 Å². The topological polar surface area (TPSA) is 50.8 Å². The lowest BCUT2D eigenvalue weighted by Crippen LogP contribution is -2.44. The Hall–Kier alpha value is -2.53. The van der Waals surface area contributed by atoms with Gasteiger partial charge in [-0.2, -0.15) is 0 Å². The molecule has 24 heavy (non-hydrogen) atoms. The van der Waals surface area contributed by atoms with Crippen molar-refractivity contribution < 1.29 is 14.3 Å². The number of nitrogens with one attached hydrogen (secondary N) is 1. The van der Waals surface area contributed by atoms with Crippen molar-refractivity contribution in [3.05, 3.63) is 59.7 Å². The maximum Gasteiger partial charge on any atom is 0.257 e. The highest BCUT2D eigenvalue weighted by Crippen LogP contribution is 2.33. The number of rotatable bonds is 6. The lowest BCUT2D eigenvalue weighted by molar-refractivity contribution is 0.0609. The summed E-state index contributed by atoms with van der Waals surface area (Å²) in [6.45, 7) is 3.56. The third-order valence-corrected chi connectivity index (χ3v) is 4.04. The van der Waals surface area contributed by atoms with E-state index in [1.54, 1.807) is 12.0 Å². The van der Waals surface area contributed by atoms with Gasteiger partial charge in [0.15, 0.2) is 0 Å². The van der Waals surface area contributed by atoms with Crippen LogP contribution in [0.5, 0.6) is 5.75 Å². The maximum absolute atomic E-state index is 12.9. The van der Waals surface area contributed by atoms with Crippen LogP contribution in [0.25, 0.3) is 0 Å². The van der Waals surface area contributed by atoms with E-state index in [4.69, 9.17) is 9.47 Å². The second-order valence-electron chi connectivity index (χ2n) is 5.59. The molecule has 1 unspecified atom stereocenters. The summed E-state index contributed by atoms with van der Waals surface area (Å²) in [5.41, 5.74) is 2.52. The predicted molar refractivity (Wildman–Crippen MR) is 93.3 cm³/mol. The normalized spacial score (nSPS) is 16.5. The summed E-state index contributed by atoms with van der Waals surface area (Å²) >= 11 is 0. The van der Waals surface area contributed by atoms with Crippen molar-refractivity contribution in [1.29, 1.82) is 0 Å². The van der Waals surface area contributed by atoms with Crippen molar-refractivity contribution in [2.45, 2.75) is 13.1 Å². The number of amides is 1. The Morgan fingerprint density at radius 2 is 2.00 bits per heavy atom. The molecule has 0 radical (unpaired) electrons. The minimum atomic E-state index is -0.247. The van der Waals surface area contributed by atoms with Crippen LogP contribution in [0.15, 0.2) is 48.5 Å². The van der Waals surface area contributed by atoms with Crippen molar-refractivity contribution in [3.63, 3.8) is 0 Å². The van der Waals surface area contributed by atoms with Gasteiger partial charge in [-0.25, -0.2) is 0 Å². The summed E-state index contributed by atoms with van der Waals surface area (Å²) in [5.74, 6) is 0.808. The van der Waals surface area contributed by atoms with Gasteiger partial charge in [0.1, 0.15) is 11.9 Å². The number of hydrogen-bond donors (Lipinski definition) is 1. The molecule has 2 aromatic carbocycles. The molecule has 1 atom stereocenters. The number of carbonyl (C=O) groups excluding carboxylic acids is 1. The van der Waals surface area contributed by atoms with Crippen LogP contribution in [-0.4, -0.2) is 37.7 Å². The number of para-hydroxylation sites is 1. The van der Waals surface area contributed by atoms with Crippen LogP contribution in [0.4, 0.5) is 5.69 Å². The Labute approximate surface area is 142 Å². The van der Waals surface area contributed by atoms with E-state index >= 15 is 0 Å². The molecule has 5 heteroatoms. The van der Waals surface area contributed by atoms with Crippen molar-refractivity contribution in [2.24, 2.45) is 0 Å². The molecule has 1 N–H and O–H groups in total. The van der Waals surface area contributed by atoms with Crippen LogP contribution in [0.1, 0.15) is 29.0 Å². The quantitative estimate of drug-likeness (QED) is 0.885. The Kier molecular flexibility index (Phi) is 5.01. The fourth-order valence-electron chi connectivity index (χ4n) is 2.92. The van der Waals surface area contributed by atoms with E-state index in [0.717, 1.165) is 17.0 Å². The molecule has 2 aromatic rings. The molecule has 0 aromatic heterocycles. The second-order valence-corrected chi connectivity index (χ2v) is 5.59. The predicted octanol–water partition coefficient (Wildman–Crippen LogP) is 3.30. The molecule has 0 saturated heterocycles. The summed E-state index contributed by atoms with van der Waals surface area (Å²) in [6.07, 6.45) is -0.247. The van der Waals surface area contributed by atoms with Gasteiger partial charge < -0.3 is 19.7 Å². The van der Waals surface area contributed by atoms with E-state index in [1.807, 2.05) is 55.5 Å². The molecule has 0 bridgehead atoms. The smallest absolute Gasteiger partial charge is 0.257 e. The highest BCUT2D eigenvalue weighted by atomic mass is 16.5. The maximum atomic E-state index is 12.9. The van der Waals surface area contributed by atoms with Gasteiger partial charge in [0.25, 0.3) is 5.91 Å². The number of anilines is 1. The van der Waals surface area contributed by atoms with Crippen LogP contribution >= 0.6 is 0 Å². The molecule has 0 spiro atoms. The van der Waals surface area contributed by atoms with Crippen LogP contribution < -0.4 is 10.1 Å². The standard InChI is InChI=1S/C19H22N2O3/c1-3-24-15-8-6-7-14(13-15)18-20-17-10-5-4-9-16(17)19(22)21(18)11-12-23-2/h4-10,13,18,20H,3,11-12H2,1-2H3. The van der Waals surface area contributed by atoms with Gasteiger partial charge in [0, 0.05) is 19.3 Å². The van der Waals surface area contributed by atoms with Gasteiger partial charge in [0.05, 0.1) is 18.8 Å². The Bertz CT molecular complexity index is 717. The first-order chi connectivity index (χ1) is 11.7. The van der Waals surface area contributed by atoms with E-state index < -0.39 is 0 Å². The molecule has 1 heterocycles. The van der Waals surface area contributed by atoms with E-state index in [9.17, 15) is 4.79 Å². The van der Waals surface area contributed by atoms with Gasteiger partial charge in [-0.3, -0.25) is 4.79 Å². The number of ether oxygens (including phenoxy) is 2. The molecule has 0 fully saturated rings. The molecule has 1 amide bonds. The first kappa shape index (κ1) is 16.3. The fourth-order valence-corrected chi connectivity index (χ4v) is 2.92. The zero-order chi connectivity index (χ0) is 16.9. The number of carbonyl (C=O) groups is 1. The number of methoxy groups -OCH3 is 1. The molecular weight excluding hydrogens is 304 g/mol. The lowest BCUT2D eigenvalue weighted by atomic mass is 10.0. The Balaban J connectivity index is 1.97. The highest BCUT2D eigenvalue weighted by molar-refractivity contribution is 6.01. The molecule has 3 rings (SSSR count). The second kappa shape index (κ2) is 7.36. The summed E-state index contributed by atoms with van der Waals surface area (Å²) in [4.78, 5) is 14.7. The largest absolute Gasteiger partial charge is 0.494 e. The molecule has 5 nitrogen and oxygen atoms in total. The van der Waals surface area contributed by atoms with Crippen molar-refractivity contribution in [3.8, 4) is 5.75 Å². The third-order valence-electron chi connectivity index (χ3n) is 4.04. The summed E-state index contributed by atoms with van der Waals surface area (Å²) in [5, 5.41) is 3.47. The molecule has 1 aliphatic heterocycles. The fraction of sp³-hybridized carbons (Fsp3) is 0.316.